The second kappa shape index (κ2) is 11.8. The molecule has 0 radical (unpaired) electrons. The van der Waals surface area contributed by atoms with Crippen LogP contribution in [0.3, 0.4) is 0 Å². The van der Waals surface area contributed by atoms with E-state index < -0.39 is 18.1 Å². The van der Waals surface area contributed by atoms with E-state index >= 15 is 0 Å². The lowest BCUT2D eigenvalue weighted by Gasteiger charge is -2.29. The van der Waals surface area contributed by atoms with Crippen LogP contribution in [0.2, 0.25) is 0 Å². The number of nitrogens with zero attached hydrogens (tertiary/aromatic N) is 2. The van der Waals surface area contributed by atoms with Crippen LogP contribution in [0, 0.1) is 5.92 Å². The van der Waals surface area contributed by atoms with Gasteiger partial charge in [-0.15, -0.1) is 0 Å². The Morgan fingerprint density at radius 2 is 1.46 bits per heavy atom. The zero-order valence-electron chi connectivity index (χ0n) is 22.5. The first kappa shape index (κ1) is 26.6. The first-order chi connectivity index (χ1) is 19.1. The molecule has 0 aromatic heterocycles. The van der Waals surface area contributed by atoms with Gasteiger partial charge in [-0.25, -0.2) is 9.96 Å². The third-order valence-corrected chi connectivity index (χ3v) is 6.76. The van der Waals surface area contributed by atoms with Gasteiger partial charge in [-0.05, 0) is 73.9 Å². The molecule has 2 aliphatic rings. The molecule has 2 amide bonds. The van der Waals surface area contributed by atoms with Crippen molar-refractivity contribution >= 4 is 23.2 Å². The van der Waals surface area contributed by atoms with Gasteiger partial charge in [0.1, 0.15) is 11.7 Å². The van der Waals surface area contributed by atoms with Crippen LogP contribution < -0.4 is 24.2 Å². The van der Waals surface area contributed by atoms with Crippen molar-refractivity contribution in [2.75, 3.05) is 29.8 Å². The summed E-state index contributed by atoms with van der Waals surface area (Å²) in [5.41, 5.74) is 2.05. The normalized spacial score (nSPS) is 20.3. The number of rotatable bonds is 11. The van der Waals surface area contributed by atoms with Crippen molar-refractivity contribution < 1.29 is 28.6 Å². The number of ether oxygens (including phenoxy) is 3. The molecule has 2 heterocycles. The van der Waals surface area contributed by atoms with Gasteiger partial charge in [0, 0.05) is 0 Å². The Morgan fingerprint density at radius 1 is 0.744 bits per heavy atom. The molecule has 3 aromatic carbocycles. The third kappa shape index (κ3) is 5.16. The van der Waals surface area contributed by atoms with E-state index in [1.165, 1.54) is 4.90 Å². The Hall–Kier alpha value is -4.04. The molecule has 2 saturated heterocycles. The number of fused-ring (bicyclic) bond motifs is 1. The van der Waals surface area contributed by atoms with E-state index in [0.717, 1.165) is 24.1 Å². The molecule has 3 aromatic rings. The molecule has 0 bridgehead atoms. The number of anilines is 2. The van der Waals surface area contributed by atoms with Gasteiger partial charge in [0.15, 0.2) is 17.6 Å². The van der Waals surface area contributed by atoms with Crippen LogP contribution in [-0.4, -0.2) is 37.7 Å². The highest BCUT2D eigenvalue weighted by Crippen LogP contribution is 2.48. The van der Waals surface area contributed by atoms with Crippen LogP contribution in [0.1, 0.15) is 45.2 Å². The molecule has 0 spiro atoms. The zero-order valence-corrected chi connectivity index (χ0v) is 22.5. The molecule has 204 valence electrons. The Balaban J connectivity index is 1.51. The van der Waals surface area contributed by atoms with Gasteiger partial charge in [0.2, 0.25) is 5.91 Å². The Labute approximate surface area is 229 Å². The van der Waals surface area contributed by atoms with Gasteiger partial charge in [-0.1, -0.05) is 38.1 Å². The second-order valence-electron chi connectivity index (χ2n) is 9.50. The maximum absolute atomic E-state index is 13.9. The SMILES string of the molecule is CCCOc1ccc(N2C(=O)[C@@H]3[C@@H](c4ccc(OCCC)c(OCC)c4)N(c4ccccc4)O[C@H]3C2=O)cc1. The van der Waals surface area contributed by atoms with Gasteiger partial charge in [0.05, 0.1) is 37.2 Å². The van der Waals surface area contributed by atoms with E-state index in [1.54, 1.807) is 29.3 Å². The van der Waals surface area contributed by atoms with Crippen molar-refractivity contribution in [1.29, 1.82) is 0 Å². The molecule has 0 unspecified atom stereocenters. The maximum Gasteiger partial charge on any atom is 0.266 e. The standard InChI is InChI=1S/C31H34N2O6/c1-4-18-37-24-15-13-22(14-16-24)32-30(34)27-28(21-12-17-25(38-19-5-2)26(20-21)36-6-3)33(39-29(27)31(32)35)23-10-8-7-9-11-23/h7-17,20,27-29H,4-6,18-19H2,1-3H3/t27-,28-,29-/m1/s1. The number of para-hydroxylation sites is 1. The molecule has 8 heteroatoms. The van der Waals surface area contributed by atoms with Crippen molar-refractivity contribution in [2.45, 2.75) is 45.8 Å². The van der Waals surface area contributed by atoms with Crippen molar-refractivity contribution in [1.82, 2.24) is 0 Å². The summed E-state index contributed by atoms with van der Waals surface area (Å²) in [5.74, 6) is 0.494. The van der Waals surface area contributed by atoms with Crippen LogP contribution in [0.25, 0.3) is 0 Å². The van der Waals surface area contributed by atoms with Gasteiger partial charge >= 0.3 is 0 Å². The Kier molecular flexibility index (Phi) is 8.02. The van der Waals surface area contributed by atoms with Crippen LogP contribution >= 0.6 is 0 Å². The highest BCUT2D eigenvalue weighted by molar-refractivity contribution is 6.23. The van der Waals surface area contributed by atoms with Crippen molar-refractivity contribution in [3.05, 3.63) is 78.4 Å². The molecule has 5 rings (SSSR count). The molecule has 2 fully saturated rings. The molecule has 2 aliphatic heterocycles. The summed E-state index contributed by atoms with van der Waals surface area (Å²) in [4.78, 5) is 35.1. The average molecular weight is 531 g/mol. The molecule has 3 atom stereocenters. The summed E-state index contributed by atoms with van der Waals surface area (Å²) in [6.45, 7) is 7.62. The first-order valence-corrected chi connectivity index (χ1v) is 13.6. The molecule has 0 N–H and O–H groups in total. The summed E-state index contributed by atoms with van der Waals surface area (Å²) in [6.07, 6.45) is 0.806. The number of carbonyl (C=O) groups excluding carboxylic acids is 2. The number of benzene rings is 3. The molecule has 0 saturated carbocycles. The minimum absolute atomic E-state index is 0.306. The van der Waals surface area contributed by atoms with Gasteiger partial charge in [-0.3, -0.25) is 14.4 Å². The van der Waals surface area contributed by atoms with E-state index in [4.69, 9.17) is 19.0 Å². The van der Waals surface area contributed by atoms with Crippen molar-refractivity contribution in [2.24, 2.45) is 5.92 Å². The Bertz CT molecular complexity index is 1300. The first-order valence-electron chi connectivity index (χ1n) is 13.6. The third-order valence-electron chi connectivity index (χ3n) is 6.76. The molecular formula is C31H34N2O6. The summed E-state index contributed by atoms with van der Waals surface area (Å²) in [5, 5.41) is 1.68. The summed E-state index contributed by atoms with van der Waals surface area (Å²) >= 11 is 0. The van der Waals surface area contributed by atoms with Crippen LogP contribution in [-0.2, 0) is 14.4 Å². The predicted octanol–water partition coefficient (Wildman–Crippen LogP) is 5.71. The smallest absolute Gasteiger partial charge is 0.266 e. The van der Waals surface area contributed by atoms with Crippen LogP contribution in [0.4, 0.5) is 11.4 Å². The predicted molar refractivity (Wildman–Crippen MR) is 148 cm³/mol. The average Bonchev–Trinajstić information content (AvgIpc) is 3.47. The van der Waals surface area contributed by atoms with E-state index in [1.807, 2.05) is 69.3 Å². The van der Waals surface area contributed by atoms with Gasteiger partial charge in [-0.2, -0.15) is 0 Å². The van der Waals surface area contributed by atoms with Crippen LogP contribution in [0.5, 0.6) is 17.2 Å². The fraction of sp³-hybridized carbons (Fsp3) is 0.355. The molecule has 39 heavy (non-hydrogen) atoms. The Morgan fingerprint density at radius 3 is 2.15 bits per heavy atom. The van der Waals surface area contributed by atoms with E-state index in [2.05, 4.69) is 0 Å². The van der Waals surface area contributed by atoms with Gasteiger partial charge < -0.3 is 14.2 Å². The fourth-order valence-electron chi connectivity index (χ4n) is 5.03. The van der Waals surface area contributed by atoms with Crippen LogP contribution in [0.15, 0.2) is 72.8 Å². The number of amides is 2. The minimum Gasteiger partial charge on any atom is -0.494 e. The highest BCUT2D eigenvalue weighted by atomic mass is 16.7. The van der Waals surface area contributed by atoms with E-state index in [-0.39, 0.29) is 11.8 Å². The highest BCUT2D eigenvalue weighted by Gasteiger charge is 2.60. The topological polar surface area (TPSA) is 77.5 Å². The van der Waals surface area contributed by atoms with E-state index in [0.29, 0.717) is 42.8 Å². The van der Waals surface area contributed by atoms with Gasteiger partial charge in [0.25, 0.3) is 5.91 Å². The maximum atomic E-state index is 13.9. The van der Waals surface area contributed by atoms with E-state index in [9.17, 15) is 9.59 Å². The number of hydroxylamine groups is 1. The lowest BCUT2D eigenvalue weighted by molar-refractivity contribution is -0.126. The van der Waals surface area contributed by atoms with Crippen molar-refractivity contribution in [3.8, 4) is 17.2 Å². The number of imide groups is 1. The number of hydrogen-bond donors (Lipinski definition) is 0. The molecule has 0 aliphatic carbocycles. The molecule has 8 nitrogen and oxygen atoms in total. The number of carbonyl (C=O) groups is 2. The lowest BCUT2D eigenvalue weighted by atomic mass is 9.90. The number of hydrogen-bond acceptors (Lipinski definition) is 7. The monoisotopic (exact) mass is 530 g/mol. The summed E-state index contributed by atoms with van der Waals surface area (Å²) in [7, 11) is 0. The van der Waals surface area contributed by atoms with Crippen molar-refractivity contribution in [3.63, 3.8) is 0 Å². The summed E-state index contributed by atoms with van der Waals surface area (Å²) in [6, 6.07) is 21.6. The second-order valence-corrected chi connectivity index (χ2v) is 9.50. The summed E-state index contributed by atoms with van der Waals surface area (Å²) < 4.78 is 17.5. The molecular weight excluding hydrogens is 496 g/mol. The zero-order chi connectivity index (χ0) is 27.4. The lowest BCUT2D eigenvalue weighted by Crippen LogP contribution is -2.37. The largest absolute Gasteiger partial charge is 0.494 e. The quantitative estimate of drug-likeness (QED) is 0.294. The minimum atomic E-state index is -0.953. The fourth-order valence-corrected chi connectivity index (χ4v) is 5.03.